The van der Waals surface area contributed by atoms with E-state index in [1.165, 1.54) is 0 Å². The monoisotopic (exact) mass is 304 g/mol. The SMILES string of the molecule is FC(F)(F)CCCC(Cl)(Cl)CCCC(F)(F)F. The van der Waals surface area contributed by atoms with Crippen LogP contribution in [0.3, 0.4) is 0 Å². The summed E-state index contributed by atoms with van der Waals surface area (Å²) in [7, 11) is 0. The van der Waals surface area contributed by atoms with Crippen LogP contribution >= 0.6 is 23.2 Å². The Bertz CT molecular complexity index is 199. The minimum Gasteiger partial charge on any atom is -0.171 e. The molecule has 0 radical (unpaired) electrons. The van der Waals surface area contributed by atoms with Crippen LogP contribution in [-0.2, 0) is 0 Å². The molecule has 0 amide bonds. The molecule has 0 bridgehead atoms. The molecular weight excluding hydrogens is 293 g/mol. The molecule has 0 unspecified atom stereocenters. The highest BCUT2D eigenvalue weighted by Crippen LogP contribution is 2.36. The van der Waals surface area contributed by atoms with Crippen molar-refractivity contribution >= 4 is 23.2 Å². The number of hydrogen-bond acceptors (Lipinski definition) is 0. The van der Waals surface area contributed by atoms with Crippen LogP contribution in [0.25, 0.3) is 0 Å². The Morgan fingerprint density at radius 1 is 0.588 bits per heavy atom. The van der Waals surface area contributed by atoms with Crippen LogP contribution < -0.4 is 0 Å². The summed E-state index contributed by atoms with van der Waals surface area (Å²) in [5, 5.41) is 0. The second kappa shape index (κ2) is 6.36. The minimum atomic E-state index is -4.30. The first-order valence-corrected chi connectivity index (χ1v) is 5.68. The summed E-state index contributed by atoms with van der Waals surface area (Å²) in [5.41, 5.74) is 0. The van der Waals surface area contributed by atoms with Crippen LogP contribution in [0, 0.1) is 0 Å². The predicted molar refractivity (Wildman–Crippen MR) is 54.2 cm³/mol. The van der Waals surface area contributed by atoms with Crippen molar-refractivity contribution in [3.8, 4) is 0 Å². The molecule has 0 nitrogen and oxygen atoms in total. The summed E-state index contributed by atoms with van der Waals surface area (Å²) < 4.78 is 69.3. The number of rotatable bonds is 6. The van der Waals surface area contributed by atoms with E-state index in [9.17, 15) is 26.3 Å². The van der Waals surface area contributed by atoms with Crippen molar-refractivity contribution in [1.82, 2.24) is 0 Å². The molecule has 0 N–H and O–H groups in total. The third-order valence-corrected chi connectivity index (χ3v) is 2.76. The smallest absolute Gasteiger partial charge is 0.171 e. The lowest BCUT2D eigenvalue weighted by Crippen LogP contribution is -2.17. The van der Waals surface area contributed by atoms with Crippen LogP contribution in [0.1, 0.15) is 38.5 Å². The van der Waals surface area contributed by atoms with Crippen LogP contribution in [0.4, 0.5) is 26.3 Å². The van der Waals surface area contributed by atoms with E-state index in [1.807, 2.05) is 0 Å². The zero-order valence-electron chi connectivity index (χ0n) is 8.77. The van der Waals surface area contributed by atoms with Gasteiger partial charge in [0.05, 0.1) is 0 Å². The third kappa shape index (κ3) is 12.4. The zero-order chi connectivity index (χ0) is 13.7. The van der Waals surface area contributed by atoms with Gasteiger partial charge in [-0.05, 0) is 25.7 Å². The van der Waals surface area contributed by atoms with Gasteiger partial charge in [-0.15, -0.1) is 23.2 Å². The maximum atomic E-state index is 11.8. The van der Waals surface area contributed by atoms with E-state index >= 15 is 0 Å². The molecule has 0 rings (SSSR count). The summed E-state index contributed by atoms with van der Waals surface area (Å²) in [6.07, 6.45) is -11.6. The molecule has 0 aromatic rings. The van der Waals surface area contributed by atoms with Gasteiger partial charge in [0.1, 0.15) is 4.33 Å². The molecule has 0 aliphatic rings. The van der Waals surface area contributed by atoms with Crippen molar-refractivity contribution in [3.05, 3.63) is 0 Å². The first kappa shape index (κ1) is 17.2. The molecule has 17 heavy (non-hydrogen) atoms. The highest BCUT2D eigenvalue weighted by molar-refractivity contribution is 6.48. The van der Waals surface area contributed by atoms with Gasteiger partial charge in [0.25, 0.3) is 0 Å². The second-order valence-corrected chi connectivity index (χ2v) is 5.43. The average molecular weight is 305 g/mol. The second-order valence-electron chi connectivity index (χ2n) is 3.79. The summed E-state index contributed by atoms with van der Waals surface area (Å²) >= 11 is 11.2. The van der Waals surface area contributed by atoms with Gasteiger partial charge in [0, 0.05) is 12.8 Å². The van der Waals surface area contributed by atoms with Crippen LogP contribution in [0.5, 0.6) is 0 Å². The Morgan fingerprint density at radius 2 is 0.882 bits per heavy atom. The first-order chi connectivity index (χ1) is 7.41. The Morgan fingerprint density at radius 3 is 1.12 bits per heavy atom. The summed E-state index contributed by atoms with van der Waals surface area (Å²) in [6.45, 7) is 0. The Kier molecular flexibility index (Phi) is 6.42. The van der Waals surface area contributed by atoms with Crippen molar-refractivity contribution in [2.75, 3.05) is 0 Å². The largest absolute Gasteiger partial charge is 0.389 e. The topological polar surface area (TPSA) is 0 Å². The molecule has 104 valence electrons. The Labute approximate surface area is 105 Å². The first-order valence-electron chi connectivity index (χ1n) is 4.93. The standard InChI is InChI=1S/C9H12Cl2F6/c10-7(11,3-1-5-8(12,13)14)4-2-6-9(15,16)17/h1-6H2. The summed E-state index contributed by atoms with van der Waals surface area (Å²) in [5.74, 6) is 0. The fourth-order valence-electron chi connectivity index (χ4n) is 1.22. The van der Waals surface area contributed by atoms with Gasteiger partial charge < -0.3 is 0 Å². The van der Waals surface area contributed by atoms with Gasteiger partial charge in [-0.25, -0.2) is 0 Å². The molecule has 0 saturated carbocycles. The fourth-order valence-corrected chi connectivity index (χ4v) is 1.75. The van der Waals surface area contributed by atoms with E-state index < -0.39 is 29.5 Å². The molecule has 0 fully saturated rings. The van der Waals surface area contributed by atoms with Gasteiger partial charge in [0.2, 0.25) is 0 Å². The van der Waals surface area contributed by atoms with E-state index in [0.717, 1.165) is 0 Å². The van der Waals surface area contributed by atoms with Crippen molar-refractivity contribution < 1.29 is 26.3 Å². The van der Waals surface area contributed by atoms with E-state index in [4.69, 9.17) is 23.2 Å². The molecule has 0 aliphatic carbocycles. The van der Waals surface area contributed by atoms with Crippen molar-refractivity contribution in [3.63, 3.8) is 0 Å². The van der Waals surface area contributed by atoms with Crippen LogP contribution in [-0.4, -0.2) is 16.7 Å². The summed E-state index contributed by atoms with van der Waals surface area (Å²) in [4.78, 5) is 0. The zero-order valence-corrected chi connectivity index (χ0v) is 10.3. The molecule has 0 heterocycles. The van der Waals surface area contributed by atoms with Crippen molar-refractivity contribution in [1.29, 1.82) is 0 Å². The Hall–Kier alpha value is 0.160. The molecule has 0 aromatic heterocycles. The van der Waals surface area contributed by atoms with E-state index in [1.54, 1.807) is 0 Å². The normalized spacial score (nSPS) is 14.1. The number of alkyl halides is 8. The molecule has 0 saturated heterocycles. The quantitative estimate of drug-likeness (QED) is 0.441. The Balaban J connectivity index is 3.81. The van der Waals surface area contributed by atoms with E-state index in [0.29, 0.717) is 0 Å². The minimum absolute atomic E-state index is 0.173. The fraction of sp³-hybridized carbons (Fsp3) is 1.00. The highest BCUT2D eigenvalue weighted by Gasteiger charge is 2.32. The van der Waals surface area contributed by atoms with Gasteiger partial charge in [-0.2, -0.15) is 26.3 Å². The molecule has 0 aromatic carbocycles. The van der Waals surface area contributed by atoms with Gasteiger partial charge in [0.15, 0.2) is 0 Å². The average Bonchev–Trinajstić information content (AvgIpc) is 1.96. The van der Waals surface area contributed by atoms with E-state index in [-0.39, 0.29) is 25.7 Å². The maximum Gasteiger partial charge on any atom is 0.389 e. The third-order valence-electron chi connectivity index (χ3n) is 2.01. The maximum absolute atomic E-state index is 11.8. The molecule has 0 spiro atoms. The molecular formula is C9H12Cl2F6. The molecule has 8 heteroatoms. The van der Waals surface area contributed by atoms with Crippen molar-refractivity contribution in [2.45, 2.75) is 55.2 Å². The highest BCUT2D eigenvalue weighted by atomic mass is 35.5. The van der Waals surface area contributed by atoms with Crippen LogP contribution in [0.15, 0.2) is 0 Å². The lowest BCUT2D eigenvalue weighted by Gasteiger charge is -2.20. The van der Waals surface area contributed by atoms with E-state index in [2.05, 4.69) is 0 Å². The number of halogens is 8. The van der Waals surface area contributed by atoms with Gasteiger partial charge in [-0.1, -0.05) is 0 Å². The molecule has 0 atom stereocenters. The van der Waals surface area contributed by atoms with Crippen molar-refractivity contribution in [2.24, 2.45) is 0 Å². The summed E-state index contributed by atoms with van der Waals surface area (Å²) in [6, 6.07) is 0. The lowest BCUT2D eigenvalue weighted by atomic mass is 10.1. The lowest BCUT2D eigenvalue weighted by molar-refractivity contribution is -0.135. The molecule has 0 aliphatic heterocycles. The number of hydrogen-bond donors (Lipinski definition) is 0. The van der Waals surface area contributed by atoms with Crippen LogP contribution in [0.2, 0.25) is 0 Å². The van der Waals surface area contributed by atoms with Gasteiger partial charge in [-0.3, -0.25) is 0 Å². The predicted octanol–water partition coefficient (Wildman–Crippen LogP) is 5.63. The van der Waals surface area contributed by atoms with Gasteiger partial charge >= 0.3 is 12.4 Å².